The lowest BCUT2D eigenvalue weighted by atomic mass is 10.1. The molecule has 1 aromatic heterocycles. The topological polar surface area (TPSA) is 45.2 Å². The molecule has 0 bridgehead atoms. The van der Waals surface area contributed by atoms with Crippen molar-refractivity contribution in [2.24, 2.45) is 0 Å². The van der Waals surface area contributed by atoms with Crippen LogP contribution < -0.4 is 5.32 Å². The molecule has 0 radical (unpaired) electrons. The van der Waals surface area contributed by atoms with Crippen LogP contribution in [0, 0.1) is 5.82 Å². The maximum Gasteiger partial charge on any atom is 0.416 e. The third kappa shape index (κ3) is 6.11. The van der Waals surface area contributed by atoms with Crippen molar-refractivity contribution in [2.75, 3.05) is 20.6 Å². The number of nitrogens with zero attached hydrogens (tertiary/aromatic N) is 2. The normalized spacial score (nSPS) is 12.7. The van der Waals surface area contributed by atoms with Crippen LogP contribution in [-0.4, -0.2) is 36.4 Å². The van der Waals surface area contributed by atoms with Gasteiger partial charge >= 0.3 is 6.18 Å². The Morgan fingerprint density at radius 3 is 2.48 bits per heavy atom. The van der Waals surface area contributed by atoms with E-state index in [4.69, 9.17) is 0 Å². The Bertz CT molecular complexity index is 1030. The molecule has 0 aliphatic carbocycles. The number of nitrogens with one attached hydrogen (secondary N) is 1. The van der Waals surface area contributed by atoms with Crippen molar-refractivity contribution >= 4 is 17.2 Å². The number of amides is 1. The lowest BCUT2D eigenvalue weighted by Gasteiger charge is -2.25. The van der Waals surface area contributed by atoms with Gasteiger partial charge in [-0.3, -0.25) is 4.79 Å². The molecule has 9 heteroatoms. The molecule has 0 aliphatic heterocycles. The SMILES string of the molecule is CN(C)C(CNC(=O)Cc1csc(-c2ccc(C(F)(F)F)cc2)n1)c1cccc(F)c1. The molecule has 0 fully saturated rings. The summed E-state index contributed by atoms with van der Waals surface area (Å²) in [6.45, 7) is 0.297. The zero-order valence-electron chi connectivity index (χ0n) is 16.9. The molecule has 3 aromatic rings. The number of hydrogen-bond donors (Lipinski definition) is 1. The van der Waals surface area contributed by atoms with E-state index in [1.807, 2.05) is 19.0 Å². The van der Waals surface area contributed by atoms with Crippen molar-refractivity contribution in [3.8, 4) is 10.6 Å². The summed E-state index contributed by atoms with van der Waals surface area (Å²) in [6, 6.07) is 10.8. The number of halogens is 4. The Kier molecular flexibility index (Phi) is 7.07. The van der Waals surface area contributed by atoms with Crippen LogP contribution in [0.1, 0.15) is 22.9 Å². The third-order valence-corrected chi connectivity index (χ3v) is 5.64. The van der Waals surface area contributed by atoms with Gasteiger partial charge in [0, 0.05) is 17.5 Å². The minimum atomic E-state index is -4.39. The molecule has 1 unspecified atom stereocenters. The Morgan fingerprint density at radius 1 is 1.16 bits per heavy atom. The van der Waals surface area contributed by atoms with Crippen LogP contribution in [0.25, 0.3) is 10.6 Å². The molecular formula is C22H21F4N3OS. The van der Waals surface area contributed by atoms with E-state index in [1.165, 1.54) is 35.6 Å². The van der Waals surface area contributed by atoms with Crippen LogP contribution >= 0.6 is 11.3 Å². The largest absolute Gasteiger partial charge is 0.416 e. The molecule has 1 N–H and O–H groups in total. The summed E-state index contributed by atoms with van der Waals surface area (Å²) in [5, 5.41) is 5.10. The van der Waals surface area contributed by atoms with E-state index in [0.29, 0.717) is 22.8 Å². The Labute approximate surface area is 181 Å². The van der Waals surface area contributed by atoms with Crippen molar-refractivity contribution < 1.29 is 22.4 Å². The summed E-state index contributed by atoms with van der Waals surface area (Å²) in [4.78, 5) is 18.6. The molecule has 2 aromatic carbocycles. The molecule has 1 amide bonds. The fourth-order valence-electron chi connectivity index (χ4n) is 3.07. The van der Waals surface area contributed by atoms with Gasteiger partial charge in [-0.25, -0.2) is 9.37 Å². The second kappa shape index (κ2) is 9.57. The minimum absolute atomic E-state index is 0.0421. The molecule has 0 aliphatic rings. The predicted molar refractivity (Wildman–Crippen MR) is 112 cm³/mol. The average molecular weight is 451 g/mol. The van der Waals surface area contributed by atoms with E-state index in [1.54, 1.807) is 17.5 Å². The highest BCUT2D eigenvalue weighted by atomic mass is 32.1. The summed E-state index contributed by atoms with van der Waals surface area (Å²) in [6.07, 6.45) is -4.35. The average Bonchev–Trinajstić information content (AvgIpc) is 3.16. The fourth-order valence-corrected chi connectivity index (χ4v) is 3.90. The van der Waals surface area contributed by atoms with Crippen molar-refractivity contribution in [2.45, 2.75) is 18.6 Å². The first-order valence-electron chi connectivity index (χ1n) is 9.44. The molecule has 0 saturated heterocycles. The molecule has 31 heavy (non-hydrogen) atoms. The maximum atomic E-state index is 13.5. The van der Waals surface area contributed by atoms with E-state index < -0.39 is 11.7 Å². The van der Waals surface area contributed by atoms with Gasteiger partial charge in [0.1, 0.15) is 10.8 Å². The van der Waals surface area contributed by atoms with Crippen molar-refractivity contribution in [1.82, 2.24) is 15.2 Å². The number of benzene rings is 2. The molecule has 164 valence electrons. The second-order valence-electron chi connectivity index (χ2n) is 7.23. The fraction of sp³-hybridized carbons (Fsp3) is 0.273. The number of alkyl halides is 3. The molecule has 0 saturated carbocycles. The van der Waals surface area contributed by atoms with Crippen LogP contribution in [0.15, 0.2) is 53.9 Å². The lowest BCUT2D eigenvalue weighted by molar-refractivity contribution is -0.137. The maximum absolute atomic E-state index is 13.5. The van der Waals surface area contributed by atoms with Gasteiger partial charge in [-0.2, -0.15) is 13.2 Å². The lowest BCUT2D eigenvalue weighted by Crippen LogP contribution is -2.35. The molecule has 1 heterocycles. The second-order valence-corrected chi connectivity index (χ2v) is 8.09. The van der Waals surface area contributed by atoms with E-state index in [-0.39, 0.29) is 24.2 Å². The number of carbonyl (C=O) groups excluding carboxylic acids is 1. The summed E-state index contributed by atoms with van der Waals surface area (Å²) >= 11 is 1.26. The Morgan fingerprint density at radius 2 is 1.87 bits per heavy atom. The Balaban J connectivity index is 1.60. The van der Waals surface area contributed by atoms with Crippen LogP contribution in [0.4, 0.5) is 17.6 Å². The van der Waals surface area contributed by atoms with Gasteiger partial charge in [-0.15, -0.1) is 11.3 Å². The van der Waals surface area contributed by atoms with Gasteiger partial charge in [0.2, 0.25) is 5.91 Å². The van der Waals surface area contributed by atoms with Gasteiger partial charge in [0.25, 0.3) is 0 Å². The van der Waals surface area contributed by atoms with Gasteiger partial charge in [0.05, 0.1) is 23.7 Å². The number of likely N-dealkylation sites (N-methyl/N-ethyl adjacent to an activating group) is 1. The summed E-state index contributed by atoms with van der Waals surface area (Å²) in [5.74, 6) is -0.582. The zero-order valence-corrected chi connectivity index (χ0v) is 17.7. The van der Waals surface area contributed by atoms with Crippen molar-refractivity contribution in [3.05, 3.63) is 76.5 Å². The van der Waals surface area contributed by atoms with Gasteiger partial charge in [-0.05, 0) is 43.9 Å². The molecule has 3 rings (SSSR count). The zero-order chi connectivity index (χ0) is 22.6. The van der Waals surface area contributed by atoms with Gasteiger partial charge in [0.15, 0.2) is 0 Å². The number of rotatable bonds is 7. The number of thiazole rings is 1. The van der Waals surface area contributed by atoms with Crippen molar-refractivity contribution in [3.63, 3.8) is 0 Å². The number of carbonyl (C=O) groups is 1. The highest BCUT2D eigenvalue weighted by Crippen LogP contribution is 2.31. The standard InChI is InChI=1S/C22H21F4N3OS/c1-29(2)19(15-4-3-5-17(23)10-15)12-27-20(30)11-18-13-31-21(28-18)14-6-8-16(9-7-14)22(24,25)26/h3-10,13,19H,11-12H2,1-2H3,(H,27,30). The smallest absolute Gasteiger partial charge is 0.354 e. The van der Waals surface area contributed by atoms with E-state index in [9.17, 15) is 22.4 Å². The quantitative estimate of drug-likeness (QED) is 0.518. The highest BCUT2D eigenvalue weighted by Gasteiger charge is 2.30. The van der Waals surface area contributed by atoms with E-state index >= 15 is 0 Å². The minimum Gasteiger partial charge on any atom is -0.354 e. The predicted octanol–water partition coefficient (Wildman–Crippen LogP) is 4.93. The first kappa shape index (κ1) is 22.9. The first-order chi connectivity index (χ1) is 14.6. The van der Waals surface area contributed by atoms with Gasteiger partial charge in [-0.1, -0.05) is 24.3 Å². The summed E-state index contributed by atoms with van der Waals surface area (Å²) < 4.78 is 51.6. The molecule has 1 atom stereocenters. The highest BCUT2D eigenvalue weighted by molar-refractivity contribution is 7.13. The summed E-state index contributed by atoms with van der Waals surface area (Å²) in [7, 11) is 3.69. The Hall–Kier alpha value is -2.78. The van der Waals surface area contributed by atoms with E-state index in [2.05, 4.69) is 10.3 Å². The first-order valence-corrected chi connectivity index (χ1v) is 10.3. The third-order valence-electron chi connectivity index (χ3n) is 4.70. The van der Waals surface area contributed by atoms with Crippen molar-refractivity contribution in [1.29, 1.82) is 0 Å². The van der Waals surface area contributed by atoms with Crippen LogP contribution in [-0.2, 0) is 17.4 Å². The summed E-state index contributed by atoms with van der Waals surface area (Å²) in [5.41, 5.74) is 1.12. The molecule has 0 spiro atoms. The monoisotopic (exact) mass is 451 g/mol. The van der Waals surface area contributed by atoms with Crippen LogP contribution in [0.2, 0.25) is 0 Å². The van der Waals surface area contributed by atoms with Crippen LogP contribution in [0.5, 0.6) is 0 Å². The van der Waals surface area contributed by atoms with Gasteiger partial charge < -0.3 is 10.2 Å². The van der Waals surface area contributed by atoms with Crippen LogP contribution in [0.3, 0.4) is 0 Å². The van der Waals surface area contributed by atoms with E-state index in [0.717, 1.165) is 17.7 Å². The molecular weight excluding hydrogens is 430 g/mol. The molecule has 4 nitrogen and oxygen atoms in total. The number of aromatic nitrogens is 1. The number of hydrogen-bond acceptors (Lipinski definition) is 4.